The maximum absolute atomic E-state index is 11.5. The monoisotopic (exact) mass is 375 g/mol. The predicted octanol–water partition coefficient (Wildman–Crippen LogP) is 2.11. The summed E-state index contributed by atoms with van der Waals surface area (Å²) in [5, 5.41) is 22.7. The Morgan fingerprint density at radius 1 is 1.00 bits per heavy atom. The van der Waals surface area contributed by atoms with Gasteiger partial charge in [0.1, 0.15) is 12.5 Å². The Hall–Kier alpha value is -0.200. The second-order valence-electron chi connectivity index (χ2n) is 11.5. The van der Waals surface area contributed by atoms with Gasteiger partial charge in [0.25, 0.3) is 0 Å². The Morgan fingerprint density at radius 2 is 1.85 bits per heavy atom. The van der Waals surface area contributed by atoms with Gasteiger partial charge in [0, 0.05) is 22.8 Å². The third kappa shape index (κ3) is 1.47. The summed E-state index contributed by atoms with van der Waals surface area (Å²) < 4.78 is 13.2. The molecule has 150 valence electrons. The first-order chi connectivity index (χ1) is 12.9. The minimum atomic E-state index is -0.960. The molecule has 2 spiro atoms. The highest BCUT2D eigenvalue weighted by Crippen LogP contribution is 2.79. The van der Waals surface area contributed by atoms with Gasteiger partial charge in [-0.15, -0.1) is 0 Å². The van der Waals surface area contributed by atoms with E-state index in [0.29, 0.717) is 11.8 Å². The van der Waals surface area contributed by atoms with Crippen LogP contribution in [0.4, 0.5) is 0 Å². The highest BCUT2D eigenvalue weighted by Gasteiger charge is 2.82. The molecule has 5 saturated carbocycles. The molecule has 9 fully saturated rings. The van der Waals surface area contributed by atoms with Crippen LogP contribution in [0.15, 0.2) is 0 Å². The number of ether oxygens (including phenoxy) is 2. The van der Waals surface area contributed by atoms with Crippen LogP contribution in [-0.2, 0) is 9.47 Å². The first-order valence-electron chi connectivity index (χ1n) is 11.3. The number of fused-ring (bicyclic) bond motifs is 4. The van der Waals surface area contributed by atoms with Crippen LogP contribution in [-0.4, -0.2) is 58.5 Å². The summed E-state index contributed by atoms with van der Waals surface area (Å²) in [6, 6.07) is 0. The molecule has 4 saturated heterocycles. The van der Waals surface area contributed by atoms with E-state index in [1.165, 1.54) is 19.3 Å². The number of hydrogen-bond donors (Lipinski definition) is 2. The fraction of sp³-hybridized carbons (Fsp3) is 1.00. The van der Waals surface area contributed by atoms with Crippen molar-refractivity contribution in [2.24, 2.45) is 34.0 Å². The third-order valence-corrected chi connectivity index (χ3v) is 11.0. The van der Waals surface area contributed by atoms with Crippen LogP contribution >= 0.6 is 0 Å². The number of nitrogens with zero attached hydrogens (tertiary/aromatic N) is 1. The number of aliphatic hydroxyl groups is 2. The minimum Gasteiger partial charge on any atom is -0.389 e. The standard InChI is InChI=1S/C22H33NO4/c1-19-5-3-6-21-13(19)11-15(27-18(21)23-8-9-26-17(19)23)22-7-4-12(10-14(21)22)20(2,25)16(22)24/h12-18,24-25H,3-11H2,1-2H3/t12-,13+,14-,15+,16-,17-,18+,19+,20-,21-,22+/m0/s1. The maximum atomic E-state index is 11.5. The molecular formula is C22H33NO4. The second kappa shape index (κ2) is 4.59. The van der Waals surface area contributed by atoms with Gasteiger partial charge >= 0.3 is 0 Å². The van der Waals surface area contributed by atoms with E-state index in [0.717, 1.165) is 38.8 Å². The van der Waals surface area contributed by atoms with Crippen molar-refractivity contribution in [1.29, 1.82) is 0 Å². The molecule has 7 bridgehead atoms. The summed E-state index contributed by atoms with van der Waals surface area (Å²) in [5.74, 6) is 1.35. The largest absolute Gasteiger partial charge is 0.389 e. The lowest BCUT2D eigenvalue weighted by molar-refractivity contribution is -0.439. The Labute approximate surface area is 161 Å². The molecule has 0 aromatic rings. The van der Waals surface area contributed by atoms with Crippen LogP contribution in [0.2, 0.25) is 0 Å². The summed E-state index contributed by atoms with van der Waals surface area (Å²) in [6.07, 6.45) is 7.73. The zero-order valence-electron chi connectivity index (χ0n) is 16.6. The maximum Gasteiger partial charge on any atom is 0.119 e. The normalized spacial score (nSPS) is 68.7. The summed E-state index contributed by atoms with van der Waals surface area (Å²) in [4.78, 5) is 2.56. The van der Waals surface area contributed by atoms with E-state index in [-0.39, 0.29) is 40.7 Å². The van der Waals surface area contributed by atoms with E-state index >= 15 is 0 Å². The molecule has 2 N–H and O–H groups in total. The van der Waals surface area contributed by atoms with Crippen molar-refractivity contribution in [3.63, 3.8) is 0 Å². The summed E-state index contributed by atoms with van der Waals surface area (Å²) in [5.41, 5.74) is -0.851. The van der Waals surface area contributed by atoms with Gasteiger partial charge in [0.2, 0.25) is 0 Å². The Bertz CT molecular complexity index is 712. The lowest BCUT2D eigenvalue weighted by Gasteiger charge is -2.81. The van der Waals surface area contributed by atoms with Gasteiger partial charge in [-0.1, -0.05) is 13.3 Å². The fourth-order valence-electron chi connectivity index (χ4n) is 10.1. The zero-order chi connectivity index (χ0) is 18.4. The van der Waals surface area contributed by atoms with Crippen molar-refractivity contribution in [3.8, 4) is 0 Å². The smallest absolute Gasteiger partial charge is 0.119 e. The van der Waals surface area contributed by atoms with Gasteiger partial charge in [-0.2, -0.15) is 0 Å². The molecular weight excluding hydrogens is 342 g/mol. The quantitative estimate of drug-likeness (QED) is 0.679. The van der Waals surface area contributed by atoms with Crippen molar-refractivity contribution in [2.75, 3.05) is 13.2 Å². The number of piperidine rings is 1. The average Bonchev–Trinajstić information content (AvgIpc) is 3.14. The van der Waals surface area contributed by atoms with Gasteiger partial charge < -0.3 is 19.7 Å². The second-order valence-corrected chi connectivity index (χ2v) is 11.5. The van der Waals surface area contributed by atoms with Crippen molar-refractivity contribution in [2.45, 2.75) is 89.1 Å². The average molecular weight is 376 g/mol. The van der Waals surface area contributed by atoms with Crippen LogP contribution < -0.4 is 0 Å². The van der Waals surface area contributed by atoms with Crippen molar-refractivity contribution < 1.29 is 19.7 Å². The van der Waals surface area contributed by atoms with E-state index in [9.17, 15) is 10.2 Å². The van der Waals surface area contributed by atoms with Crippen molar-refractivity contribution in [3.05, 3.63) is 0 Å². The molecule has 0 aromatic carbocycles. The fourth-order valence-corrected chi connectivity index (χ4v) is 10.1. The Kier molecular flexibility index (Phi) is 2.82. The van der Waals surface area contributed by atoms with E-state index in [4.69, 9.17) is 9.47 Å². The van der Waals surface area contributed by atoms with Crippen LogP contribution in [0.1, 0.15) is 58.8 Å². The number of rotatable bonds is 0. The van der Waals surface area contributed by atoms with Crippen LogP contribution in [0, 0.1) is 34.0 Å². The SMILES string of the molecule is C[C@]1(O)[C@H]2CC[C@]3([C@@H](C2)[C@@]24CCC[C@@]5(C)[C@@H]6OCCN6[C@@H]2O[C@@H]3C[C@H]54)[C@H]1O. The molecule has 0 radical (unpaired) electrons. The molecule has 4 aliphatic heterocycles. The van der Waals surface area contributed by atoms with Gasteiger partial charge in [0.15, 0.2) is 0 Å². The highest BCUT2D eigenvalue weighted by atomic mass is 16.6. The number of aliphatic hydroxyl groups excluding tert-OH is 1. The van der Waals surface area contributed by atoms with E-state index in [2.05, 4.69) is 11.8 Å². The Morgan fingerprint density at radius 3 is 2.70 bits per heavy atom. The summed E-state index contributed by atoms with van der Waals surface area (Å²) in [7, 11) is 0. The molecule has 5 nitrogen and oxygen atoms in total. The summed E-state index contributed by atoms with van der Waals surface area (Å²) in [6.45, 7) is 6.17. The zero-order valence-corrected chi connectivity index (χ0v) is 16.6. The highest BCUT2D eigenvalue weighted by molar-refractivity contribution is 5.28. The van der Waals surface area contributed by atoms with Gasteiger partial charge in [-0.3, -0.25) is 0 Å². The number of hydrogen-bond acceptors (Lipinski definition) is 5. The lowest BCUT2D eigenvalue weighted by Crippen LogP contribution is -2.85. The van der Waals surface area contributed by atoms with Crippen LogP contribution in [0.3, 0.4) is 0 Å². The molecule has 0 aromatic heterocycles. The van der Waals surface area contributed by atoms with Gasteiger partial charge in [-0.25, -0.2) is 4.90 Å². The van der Waals surface area contributed by atoms with E-state index < -0.39 is 11.7 Å². The van der Waals surface area contributed by atoms with Gasteiger partial charge in [0.05, 0.1) is 24.4 Å². The third-order valence-electron chi connectivity index (χ3n) is 11.0. The summed E-state index contributed by atoms with van der Waals surface area (Å²) >= 11 is 0. The van der Waals surface area contributed by atoms with Gasteiger partial charge in [-0.05, 0) is 63.2 Å². The first-order valence-corrected chi connectivity index (χ1v) is 11.3. The molecule has 9 rings (SSSR count). The van der Waals surface area contributed by atoms with Crippen molar-refractivity contribution in [1.82, 2.24) is 4.90 Å². The molecule has 27 heavy (non-hydrogen) atoms. The molecule has 0 amide bonds. The molecule has 5 aliphatic carbocycles. The van der Waals surface area contributed by atoms with E-state index in [1.807, 2.05) is 6.92 Å². The van der Waals surface area contributed by atoms with Crippen molar-refractivity contribution >= 4 is 0 Å². The topological polar surface area (TPSA) is 62.2 Å². The Balaban J connectivity index is 1.44. The molecule has 11 atom stereocenters. The van der Waals surface area contributed by atoms with Crippen LogP contribution in [0.25, 0.3) is 0 Å². The lowest BCUT2D eigenvalue weighted by atomic mass is 9.31. The van der Waals surface area contributed by atoms with Crippen LogP contribution in [0.5, 0.6) is 0 Å². The molecule has 5 heteroatoms. The van der Waals surface area contributed by atoms with E-state index in [1.54, 1.807) is 0 Å². The predicted molar refractivity (Wildman–Crippen MR) is 97.5 cm³/mol. The minimum absolute atomic E-state index is 0.0843. The molecule has 9 aliphatic rings. The molecule has 4 heterocycles. The first kappa shape index (κ1) is 16.6. The molecule has 0 unspecified atom stereocenters.